The molecule has 0 aliphatic carbocycles. The predicted octanol–water partition coefficient (Wildman–Crippen LogP) is 3.50. The number of aryl methyl sites for hydroxylation is 1. The molecule has 2 rings (SSSR count). The average molecular weight is 379 g/mol. The molecule has 0 unspecified atom stereocenters. The van der Waals surface area contributed by atoms with E-state index in [1.165, 1.54) is 6.07 Å². The summed E-state index contributed by atoms with van der Waals surface area (Å²) in [4.78, 5) is 26.4. The predicted molar refractivity (Wildman–Crippen MR) is 91.5 cm³/mol. The Bertz CT molecular complexity index is 719. The van der Waals surface area contributed by atoms with E-state index in [0.717, 1.165) is 5.56 Å². The van der Waals surface area contributed by atoms with Gasteiger partial charge in [-0.3, -0.25) is 14.9 Å². The van der Waals surface area contributed by atoms with Gasteiger partial charge < -0.3 is 10.6 Å². The van der Waals surface area contributed by atoms with E-state index in [9.17, 15) is 14.9 Å². The number of hydrogen-bond acceptors (Lipinski definition) is 5. The number of amides is 1. The van der Waals surface area contributed by atoms with E-state index in [2.05, 4.69) is 31.5 Å². The molecule has 23 heavy (non-hydrogen) atoms. The van der Waals surface area contributed by atoms with Gasteiger partial charge in [0.05, 0.1) is 4.92 Å². The Morgan fingerprint density at radius 3 is 2.78 bits per heavy atom. The van der Waals surface area contributed by atoms with Gasteiger partial charge in [-0.15, -0.1) is 0 Å². The van der Waals surface area contributed by atoms with Crippen LogP contribution in [0.1, 0.15) is 12.0 Å². The highest BCUT2D eigenvalue weighted by Crippen LogP contribution is 2.27. The van der Waals surface area contributed by atoms with Gasteiger partial charge in [-0.25, -0.2) is 4.98 Å². The first-order valence-corrected chi connectivity index (χ1v) is 7.65. The van der Waals surface area contributed by atoms with Crippen LogP contribution in [-0.4, -0.2) is 22.4 Å². The highest BCUT2D eigenvalue weighted by Gasteiger charge is 2.14. The number of nitro benzene ring substituents is 1. The molecule has 0 aliphatic heterocycles. The lowest BCUT2D eigenvalue weighted by atomic mass is 10.2. The van der Waals surface area contributed by atoms with E-state index in [1.807, 2.05) is 13.0 Å². The summed E-state index contributed by atoms with van der Waals surface area (Å²) in [5.74, 6) is 0.267. The zero-order valence-electron chi connectivity index (χ0n) is 12.4. The van der Waals surface area contributed by atoms with E-state index in [-0.39, 0.29) is 24.6 Å². The first-order valence-electron chi connectivity index (χ1n) is 6.86. The fourth-order valence-electron chi connectivity index (χ4n) is 1.86. The molecule has 1 aromatic heterocycles. The number of nitro groups is 1. The normalized spacial score (nSPS) is 10.2. The van der Waals surface area contributed by atoms with Crippen molar-refractivity contribution in [1.82, 2.24) is 4.98 Å². The average Bonchev–Trinajstić information content (AvgIpc) is 2.51. The molecule has 2 aromatic rings. The SMILES string of the molecule is Cc1ccc(NC(=O)CCNc2ccc(Br)cc2[N+](=O)[O-])nc1. The van der Waals surface area contributed by atoms with Gasteiger partial charge in [0, 0.05) is 29.7 Å². The van der Waals surface area contributed by atoms with Gasteiger partial charge in [0.1, 0.15) is 11.5 Å². The molecule has 0 aliphatic rings. The molecule has 1 aromatic carbocycles. The number of carbonyl (C=O) groups is 1. The molecule has 8 heteroatoms. The fraction of sp³-hybridized carbons (Fsp3) is 0.200. The van der Waals surface area contributed by atoms with Gasteiger partial charge in [0.25, 0.3) is 5.69 Å². The maximum Gasteiger partial charge on any atom is 0.293 e. The molecule has 0 saturated carbocycles. The van der Waals surface area contributed by atoms with Crippen LogP contribution in [0.3, 0.4) is 0 Å². The number of aromatic nitrogens is 1. The van der Waals surface area contributed by atoms with Crippen molar-refractivity contribution in [2.75, 3.05) is 17.2 Å². The molecule has 0 bridgehead atoms. The van der Waals surface area contributed by atoms with Crippen molar-refractivity contribution >= 4 is 39.0 Å². The van der Waals surface area contributed by atoms with Crippen LogP contribution in [-0.2, 0) is 4.79 Å². The van der Waals surface area contributed by atoms with Crippen LogP contribution in [0.4, 0.5) is 17.2 Å². The molecule has 1 amide bonds. The second-order valence-corrected chi connectivity index (χ2v) is 5.78. The Kier molecular flexibility index (Phi) is 5.64. The first-order chi connectivity index (χ1) is 11.0. The van der Waals surface area contributed by atoms with Crippen molar-refractivity contribution in [3.63, 3.8) is 0 Å². The molecule has 0 atom stereocenters. The highest BCUT2D eigenvalue weighted by atomic mass is 79.9. The van der Waals surface area contributed by atoms with E-state index in [0.29, 0.717) is 16.0 Å². The van der Waals surface area contributed by atoms with Gasteiger partial charge in [-0.2, -0.15) is 0 Å². The highest BCUT2D eigenvalue weighted by molar-refractivity contribution is 9.10. The van der Waals surface area contributed by atoms with Gasteiger partial charge in [0.15, 0.2) is 0 Å². The maximum atomic E-state index is 11.8. The van der Waals surface area contributed by atoms with Crippen LogP contribution in [0, 0.1) is 17.0 Å². The van der Waals surface area contributed by atoms with E-state index < -0.39 is 4.92 Å². The van der Waals surface area contributed by atoms with E-state index in [4.69, 9.17) is 0 Å². The van der Waals surface area contributed by atoms with E-state index in [1.54, 1.807) is 24.4 Å². The van der Waals surface area contributed by atoms with Crippen LogP contribution in [0.5, 0.6) is 0 Å². The molecule has 0 spiro atoms. The first kappa shape index (κ1) is 16.9. The molecular weight excluding hydrogens is 364 g/mol. The monoisotopic (exact) mass is 378 g/mol. The van der Waals surface area contributed by atoms with Gasteiger partial charge in [-0.1, -0.05) is 22.0 Å². The van der Waals surface area contributed by atoms with Gasteiger partial charge in [0.2, 0.25) is 5.91 Å². The Hall–Kier alpha value is -2.48. The topological polar surface area (TPSA) is 97.2 Å². The summed E-state index contributed by atoms with van der Waals surface area (Å²) < 4.78 is 0.623. The summed E-state index contributed by atoms with van der Waals surface area (Å²) in [5, 5.41) is 16.6. The lowest BCUT2D eigenvalue weighted by Gasteiger charge is -2.08. The smallest absolute Gasteiger partial charge is 0.293 e. The lowest BCUT2D eigenvalue weighted by molar-refractivity contribution is -0.384. The van der Waals surface area contributed by atoms with Crippen LogP contribution in [0.2, 0.25) is 0 Å². The third-order valence-electron chi connectivity index (χ3n) is 3.00. The molecular formula is C15H15BrN4O3. The summed E-state index contributed by atoms with van der Waals surface area (Å²) in [6, 6.07) is 8.29. The summed E-state index contributed by atoms with van der Waals surface area (Å²) in [6.07, 6.45) is 1.84. The van der Waals surface area contributed by atoms with Crippen LogP contribution < -0.4 is 10.6 Å². The third-order valence-corrected chi connectivity index (χ3v) is 3.50. The fourth-order valence-corrected chi connectivity index (χ4v) is 2.21. The van der Waals surface area contributed by atoms with E-state index >= 15 is 0 Å². The van der Waals surface area contributed by atoms with Crippen molar-refractivity contribution in [1.29, 1.82) is 0 Å². The molecule has 7 nitrogen and oxygen atoms in total. The van der Waals surface area contributed by atoms with Gasteiger partial charge in [-0.05, 0) is 30.7 Å². The minimum absolute atomic E-state index is 0.0417. The number of rotatable bonds is 6. The molecule has 0 fully saturated rings. The molecule has 120 valence electrons. The number of carbonyl (C=O) groups excluding carboxylic acids is 1. The zero-order chi connectivity index (χ0) is 16.8. The Morgan fingerprint density at radius 2 is 2.13 bits per heavy atom. The number of benzene rings is 1. The summed E-state index contributed by atoms with van der Waals surface area (Å²) in [6.45, 7) is 2.19. The van der Waals surface area contributed by atoms with Crippen LogP contribution in [0.25, 0.3) is 0 Å². The quantitative estimate of drug-likeness (QED) is 0.592. The van der Waals surface area contributed by atoms with Crippen LogP contribution in [0.15, 0.2) is 41.0 Å². The molecule has 2 N–H and O–H groups in total. The van der Waals surface area contributed by atoms with Crippen LogP contribution >= 0.6 is 15.9 Å². The zero-order valence-corrected chi connectivity index (χ0v) is 14.0. The second kappa shape index (κ2) is 7.68. The lowest BCUT2D eigenvalue weighted by Crippen LogP contribution is -2.17. The maximum absolute atomic E-state index is 11.8. The summed E-state index contributed by atoms with van der Waals surface area (Å²) in [7, 11) is 0. The van der Waals surface area contributed by atoms with Crippen molar-refractivity contribution in [2.45, 2.75) is 13.3 Å². The number of pyridine rings is 1. The Balaban J connectivity index is 1.88. The largest absolute Gasteiger partial charge is 0.379 e. The number of anilines is 2. The number of nitrogens with zero attached hydrogens (tertiary/aromatic N) is 2. The number of nitrogens with one attached hydrogen (secondary N) is 2. The summed E-state index contributed by atoms with van der Waals surface area (Å²) in [5.41, 5.74) is 1.34. The standard InChI is InChI=1S/C15H15BrN4O3/c1-10-2-5-14(18-9-10)19-15(21)6-7-17-12-4-3-11(16)8-13(12)20(22)23/h2-5,8-9,17H,6-7H2,1H3,(H,18,19,21). The molecule has 0 radical (unpaired) electrons. The second-order valence-electron chi connectivity index (χ2n) is 4.86. The number of hydrogen-bond donors (Lipinski definition) is 2. The molecule has 0 saturated heterocycles. The third kappa shape index (κ3) is 5.03. The Morgan fingerprint density at radius 1 is 1.35 bits per heavy atom. The minimum Gasteiger partial charge on any atom is -0.379 e. The van der Waals surface area contributed by atoms with Gasteiger partial charge >= 0.3 is 0 Å². The van der Waals surface area contributed by atoms with Crippen molar-refractivity contribution in [3.05, 3.63) is 56.7 Å². The summed E-state index contributed by atoms with van der Waals surface area (Å²) >= 11 is 3.19. The minimum atomic E-state index is -0.469. The van der Waals surface area contributed by atoms with Crippen molar-refractivity contribution in [3.8, 4) is 0 Å². The van der Waals surface area contributed by atoms with Crippen molar-refractivity contribution in [2.24, 2.45) is 0 Å². The van der Waals surface area contributed by atoms with Crippen molar-refractivity contribution < 1.29 is 9.72 Å². The Labute approximate surface area is 141 Å². The number of halogens is 1. The molecule has 1 heterocycles.